The number of hydrogen-bond donors (Lipinski definition) is 1. The highest BCUT2D eigenvalue weighted by Gasteiger charge is 2.39. The summed E-state index contributed by atoms with van der Waals surface area (Å²) in [6.07, 6.45) is -0.801. The van der Waals surface area contributed by atoms with Crippen LogP contribution in [0.4, 0.5) is 0 Å². The summed E-state index contributed by atoms with van der Waals surface area (Å²) in [6, 6.07) is 30.4. The predicted molar refractivity (Wildman–Crippen MR) is 132 cm³/mol. The van der Waals surface area contributed by atoms with Crippen molar-refractivity contribution in [2.75, 3.05) is 14.2 Å². The van der Waals surface area contributed by atoms with Gasteiger partial charge in [0, 0.05) is 11.3 Å². The van der Waals surface area contributed by atoms with E-state index in [1.165, 1.54) is 0 Å². The lowest BCUT2D eigenvalue weighted by Gasteiger charge is -2.36. The molecule has 1 N–H and O–H groups in total. The molecule has 0 saturated heterocycles. The first-order valence-electron chi connectivity index (χ1n) is 10.7. The Hall–Kier alpha value is -2.91. The van der Waals surface area contributed by atoms with Crippen molar-refractivity contribution in [3.63, 3.8) is 0 Å². The molecule has 0 fully saturated rings. The highest BCUT2D eigenvalue weighted by molar-refractivity contribution is 7.76. The van der Waals surface area contributed by atoms with E-state index in [0.29, 0.717) is 16.4 Å². The van der Waals surface area contributed by atoms with Crippen molar-refractivity contribution in [3.8, 4) is 5.75 Å². The average molecular weight is 445 g/mol. The van der Waals surface area contributed by atoms with Crippen LogP contribution in [0.25, 0.3) is 10.8 Å². The van der Waals surface area contributed by atoms with Crippen LogP contribution in [0.3, 0.4) is 0 Å². The number of rotatable bonds is 7. The number of benzene rings is 4. The minimum atomic E-state index is -3.36. The Balaban J connectivity index is 1.88. The summed E-state index contributed by atoms with van der Waals surface area (Å²) in [5, 5.41) is 14.5. The summed E-state index contributed by atoms with van der Waals surface area (Å²) >= 11 is 0. The number of hydrogen-bond acceptors (Lipinski definition) is 3. The average Bonchev–Trinajstić information content (AvgIpc) is 2.87. The Bertz CT molecular complexity index is 1260. The minimum absolute atomic E-state index is 0.417. The van der Waals surface area contributed by atoms with E-state index < -0.39 is 19.4 Å². The molecule has 0 radical (unpaired) electrons. The van der Waals surface area contributed by atoms with E-state index in [2.05, 4.69) is 0 Å². The predicted octanol–water partition coefficient (Wildman–Crippen LogP) is 5.13. The first-order chi connectivity index (χ1) is 15.5. The summed E-state index contributed by atoms with van der Waals surface area (Å²) in [5.41, 5.74) is 0.789. The van der Waals surface area contributed by atoms with Crippen LogP contribution in [0, 0.1) is 0 Å². The van der Waals surface area contributed by atoms with E-state index in [9.17, 15) is 5.11 Å². The molecule has 4 nitrogen and oxygen atoms in total. The lowest BCUT2D eigenvalue weighted by atomic mass is 10.0. The highest BCUT2D eigenvalue weighted by atomic mass is 31.2. The summed E-state index contributed by atoms with van der Waals surface area (Å²) in [5.74, 6) is 0.567. The molecular formula is C27H28NO3P. The van der Waals surface area contributed by atoms with Gasteiger partial charge in [-0.3, -0.25) is 4.57 Å². The Labute approximate surface area is 189 Å². The Kier molecular flexibility index (Phi) is 6.48. The molecule has 0 bridgehead atoms. The largest absolute Gasteiger partial charge is 0.496 e. The van der Waals surface area contributed by atoms with Crippen LogP contribution in [0.15, 0.2) is 97.1 Å². The second-order valence-electron chi connectivity index (χ2n) is 7.95. The molecule has 164 valence electrons. The van der Waals surface area contributed by atoms with Crippen molar-refractivity contribution < 1.29 is 14.4 Å². The van der Waals surface area contributed by atoms with Crippen LogP contribution in [0.1, 0.15) is 18.6 Å². The fourth-order valence-electron chi connectivity index (χ4n) is 4.13. The van der Waals surface area contributed by atoms with E-state index in [4.69, 9.17) is 4.74 Å². The third-order valence-corrected chi connectivity index (χ3v) is 9.38. The van der Waals surface area contributed by atoms with Gasteiger partial charge in [-0.05, 0) is 54.6 Å². The molecular weight excluding hydrogens is 417 g/mol. The molecule has 0 aliphatic rings. The molecule has 0 spiro atoms. The van der Waals surface area contributed by atoms with Crippen molar-refractivity contribution in [2.45, 2.75) is 19.1 Å². The van der Waals surface area contributed by atoms with Crippen molar-refractivity contribution >= 4 is 28.7 Å². The number of likely N-dealkylation sites (N-methyl/N-ethyl adjacent to an activating group) is 1. The van der Waals surface area contributed by atoms with Gasteiger partial charge in [0.15, 0.2) is 0 Å². The maximum Gasteiger partial charge on any atom is 0.210 e. The van der Waals surface area contributed by atoms with Crippen LogP contribution in [0.2, 0.25) is 0 Å². The van der Waals surface area contributed by atoms with Gasteiger partial charge in [-0.15, -0.1) is 0 Å². The first-order valence-corrected chi connectivity index (χ1v) is 12.3. The van der Waals surface area contributed by atoms with Crippen LogP contribution in [-0.4, -0.2) is 30.0 Å². The smallest absolute Gasteiger partial charge is 0.210 e. The van der Waals surface area contributed by atoms with Gasteiger partial charge in [0.1, 0.15) is 5.75 Å². The van der Waals surface area contributed by atoms with Crippen molar-refractivity contribution in [1.29, 1.82) is 0 Å². The standard InChI is InChI=1S/C27H28NO3P/c1-20(27(29)22-12-5-4-6-13-22)28(2)32(30,26-16-10-9-15-25(26)31-3)24-18-17-21-11-7-8-14-23(21)19-24/h4-20,27,29H,1-3H3/t20-,27-,32-/m0/s1. The topological polar surface area (TPSA) is 49.8 Å². The molecule has 0 heterocycles. The lowest BCUT2D eigenvalue weighted by Crippen LogP contribution is -2.39. The molecule has 4 rings (SSSR count). The number of fused-ring (bicyclic) bond motifs is 1. The number of para-hydroxylation sites is 1. The van der Waals surface area contributed by atoms with Gasteiger partial charge >= 0.3 is 0 Å². The Morgan fingerprint density at radius 3 is 2.19 bits per heavy atom. The number of aliphatic hydroxyl groups excluding tert-OH is 1. The summed E-state index contributed by atoms with van der Waals surface area (Å²) < 4.78 is 22.5. The van der Waals surface area contributed by atoms with Gasteiger partial charge in [-0.1, -0.05) is 72.8 Å². The third kappa shape index (κ3) is 3.98. The van der Waals surface area contributed by atoms with Crippen LogP contribution in [-0.2, 0) is 4.57 Å². The van der Waals surface area contributed by atoms with E-state index in [-0.39, 0.29) is 0 Å². The molecule has 0 unspecified atom stereocenters. The third-order valence-electron chi connectivity index (χ3n) is 6.13. The summed E-state index contributed by atoms with van der Waals surface area (Å²) in [4.78, 5) is 0. The molecule has 5 heteroatoms. The van der Waals surface area contributed by atoms with Crippen LogP contribution in [0.5, 0.6) is 5.75 Å². The maximum atomic E-state index is 15.1. The SMILES string of the molecule is COc1ccccc1[P@@](=O)(c1ccc2ccccc2c1)N(C)[C@@H](C)[C@H](O)c1ccccc1. The quantitative estimate of drug-likeness (QED) is 0.401. The minimum Gasteiger partial charge on any atom is -0.496 e. The first kappa shape index (κ1) is 22.3. The molecule has 4 aromatic carbocycles. The van der Waals surface area contributed by atoms with Gasteiger partial charge in [-0.2, -0.15) is 0 Å². The zero-order chi connectivity index (χ0) is 22.7. The molecule has 3 atom stereocenters. The van der Waals surface area contributed by atoms with Gasteiger partial charge in [0.2, 0.25) is 7.29 Å². The molecule has 0 aromatic heterocycles. The Morgan fingerprint density at radius 1 is 0.844 bits per heavy atom. The van der Waals surface area contributed by atoms with E-state index in [0.717, 1.165) is 16.3 Å². The van der Waals surface area contributed by atoms with Crippen molar-refractivity contribution in [3.05, 3.63) is 103 Å². The van der Waals surface area contributed by atoms with Gasteiger partial charge in [0.25, 0.3) is 0 Å². The fourth-order valence-corrected chi connectivity index (χ4v) is 7.09. The van der Waals surface area contributed by atoms with Crippen molar-refractivity contribution in [2.24, 2.45) is 0 Å². The number of nitrogens with zero attached hydrogens (tertiary/aromatic N) is 1. The molecule has 0 aliphatic heterocycles. The van der Waals surface area contributed by atoms with Gasteiger partial charge < -0.3 is 9.84 Å². The second kappa shape index (κ2) is 9.30. The zero-order valence-electron chi connectivity index (χ0n) is 18.6. The number of ether oxygens (including phenoxy) is 1. The molecule has 4 aromatic rings. The summed E-state index contributed by atoms with van der Waals surface area (Å²) in [6.45, 7) is 1.90. The molecule has 0 amide bonds. The van der Waals surface area contributed by atoms with Crippen LogP contribution < -0.4 is 15.3 Å². The van der Waals surface area contributed by atoms with Crippen molar-refractivity contribution in [1.82, 2.24) is 4.67 Å². The molecule has 0 saturated carbocycles. The highest BCUT2D eigenvalue weighted by Crippen LogP contribution is 2.51. The Morgan fingerprint density at radius 2 is 1.47 bits per heavy atom. The van der Waals surface area contributed by atoms with E-state index in [1.807, 2.05) is 116 Å². The monoisotopic (exact) mass is 445 g/mol. The van der Waals surface area contributed by atoms with E-state index >= 15 is 4.57 Å². The van der Waals surface area contributed by atoms with Gasteiger partial charge in [-0.25, -0.2) is 4.67 Å². The molecule has 0 aliphatic carbocycles. The second-order valence-corrected chi connectivity index (χ2v) is 10.7. The number of methoxy groups -OCH3 is 1. The normalized spacial score (nSPS) is 15.3. The van der Waals surface area contributed by atoms with Gasteiger partial charge in [0.05, 0.1) is 18.5 Å². The number of aliphatic hydroxyl groups is 1. The molecule has 32 heavy (non-hydrogen) atoms. The maximum absolute atomic E-state index is 15.1. The fraction of sp³-hybridized carbons (Fsp3) is 0.185. The van der Waals surface area contributed by atoms with E-state index in [1.54, 1.807) is 7.11 Å². The zero-order valence-corrected chi connectivity index (χ0v) is 19.4. The summed E-state index contributed by atoms with van der Waals surface area (Å²) in [7, 11) is 0.0520. The van der Waals surface area contributed by atoms with Crippen LogP contribution >= 0.6 is 7.29 Å². The lowest BCUT2D eigenvalue weighted by molar-refractivity contribution is 0.108.